The molecule has 222 valence electrons. The molecule has 2 heterocycles. The standard InChI is InChI=1S/C34H37N5O4/c1-21-26(11-7-12-27(21)38-31(40)22-14-16-23(17-15-22)34(2,3)4)28-20-39(5)33(42)30(37-28)35-24-9-6-10-25(19-24)36-32(41)29-13-8-18-43-29/h6-7,9-12,14-17,19-20,29H,8,13,18H2,1-5H3,(H,35,37)(H,36,41)(H,38,40). The molecule has 1 fully saturated rings. The Morgan fingerprint density at radius 1 is 0.977 bits per heavy atom. The number of amides is 2. The van der Waals surface area contributed by atoms with E-state index in [-0.39, 0.29) is 28.6 Å². The molecule has 0 radical (unpaired) electrons. The third-order valence-corrected chi connectivity index (χ3v) is 7.56. The summed E-state index contributed by atoms with van der Waals surface area (Å²) >= 11 is 0. The normalized spacial score (nSPS) is 14.8. The number of aryl methyl sites for hydroxylation is 1. The lowest BCUT2D eigenvalue weighted by atomic mass is 9.86. The number of carbonyl (C=O) groups excluding carboxylic acids is 2. The Labute approximate surface area is 251 Å². The van der Waals surface area contributed by atoms with Crippen LogP contribution in [0.1, 0.15) is 55.1 Å². The van der Waals surface area contributed by atoms with E-state index >= 15 is 0 Å². The van der Waals surface area contributed by atoms with E-state index < -0.39 is 6.10 Å². The van der Waals surface area contributed by atoms with Gasteiger partial charge in [0.25, 0.3) is 17.4 Å². The summed E-state index contributed by atoms with van der Waals surface area (Å²) in [6, 6.07) is 20.3. The van der Waals surface area contributed by atoms with Crippen LogP contribution in [0.15, 0.2) is 77.7 Å². The van der Waals surface area contributed by atoms with Gasteiger partial charge in [-0.05, 0) is 72.7 Å². The van der Waals surface area contributed by atoms with E-state index in [9.17, 15) is 14.4 Å². The molecular formula is C34H37N5O4. The zero-order valence-corrected chi connectivity index (χ0v) is 25.2. The SMILES string of the molecule is Cc1c(NC(=O)c2ccc(C(C)(C)C)cc2)cccc1-c1cn(C)c(=O)c(Nc2cccc(NC(=O)C3CCCO3)c2)n1. The van der Waals surface area contributed by atoms with Gasteiger partial charge in [0.05, 0.1) is 5.69 Å². The first kappa shape index (κ1) is 29.7. The minimum absolute atomic E-state index is 0.000414. The first-order chi connectivity index (χ1) is 20.5. The topological polar surface area (TPSA) is 114 Å². The van der Waals surface area contributed by atoms with Gasteiger partial charge in [-0.25, -0.2) is 4.98 Å². The van der Waals surface area contributed by atoms with Gasteiger partial charge in [-0.3, -0.25) is 14.4 Å². The van der Waals surface area contributed by atoms with Crippen molar-refractivity contribution in [1.82, 2.24) is 9.55 Å². The molecule has 4 aromatic rings. The molecule has 43 heavy (non-hydrogen) atoms. The Morgan fingerprint density at radius 2 is 1.70 bits per heavy atom. The molecule has 0 aliphatic carbocycles. The molecule has 9 nitrogen and oxygen atoms in total. The Bertz CT molecular complexity index is 1710. The zero-order valence-electron chi connectivity index (χ0n) is 25.2. The lowest BCUT2D eigenvalue weighted by Gasteiger charge is -2.19. The van der Waals surface area contributed by atoms with E-state index in [0.29, 0.717) is 41.3 Å². The van der Waals surface area contributed by atoms with Gasteiger partial charge in [-0.2, -0.15) is 0 Å². The molecular weight excluding hydrogens is 542 g/mol. The van der Waals surface area contributed by atoms with Gasteiger partial charge in [-0.15, -0.1) is 0 Å². The number of anilines is 4. The number of aromatic nitrogens is 2. The molecule has 1 atom stereocenters. The fraction of sp³-hybridized carbons (Fsp3) is 0.294. The second-order valence-electron chi connectivity index (χ2n) is 11.8. The molecule has 1 unspecified atom stereocenters. The van der Waals surface area contributed by atoms with Crippen molar-refractivity contribution in [2.75, 3.05) is 22.6 Å². The summed E-state index contributed by atoms with van der Waals surface area (Å²) in [5.41, 5.74) is 5.42. The highest BCUT2D eigenvalue weighted by atomic mass is 16.5. The molecule has 3 N–H and O–H groups in total. The van der Waals surface area contributed by atoms with Gasteiger partial charge in [0.15, 0.2) is 5.82 Å². The van der Waals surface area contributed by atoms with Crippen molar-refractivity contribution < 1.29 is 14.3 Å². The molecule has 1 saturated heterocycles. The lowest BCUT2D eigenvalue weighted by molar-refractivity contribution is -0.124. The maximum Gasteiger partial charge on any atom is 0.293 e. The molecule has 9 heteroatoms. The molecule has 1 aliphatic heterocycles. The van der Waals surface area contributed by atoms with E-state index in [4.69, 9.17) is 4.74 Å². The number of benzene rings is 3. The predicted molar refractivity (Wildman–Crippen MR) is 170 cm³/mol. The molecule has 2 amide bonds. The minimum atomic E-state index is -0.444. The van der Waals surface area contributed by atoms with Crippen LogP contribution in [0.25, 0.3) is 11.3 Å². The third-order valence-electron chi connectivity index (χ3n) is 7.56. The highest BCUT2D eigenvalue weighted by Crippen LogP contribution is 2.29. The molecule has 1 aromatic heterocycles. The van der Waals surface area contributed by atoms with Crippen LogP contribution in [0.2, 0.25) is 0 Å². The van der Waals surface area contributed by atoms with E-state index in [0.717, 1.165) is 23.1 Å². The second-order valence-corrected chi connectivity index (χ2v) is 11.8. The Balaban J connectivity index is 1.37. The Morgan fingerprint density at radius 3 is 2.40 bits per heavy atom. The van der Waals surface area contributed by atoms with Crippen molar-refractivity contribution in [3.8, 4) is 11.3 Å². The summed E-state index contributed by atoms with van der Waals surface area (Å²) in [6.07, 6.45) is 2.79. The summed E-state index contributed by atoms with van der Waals surface area (Å²) in [5, 5.41) is 9.02. The molecule has 5 rings (SSSR count). The quantitative estimate of drug-likeness (QED) is 0.241. The number of carbonyl (C=O) groups is 2. The number of nitrogens with one attached hydrogen (secondary N) is 3. The van der Waals surface area contributed by atoms with Crippen LogP contribution in [0.3, 0.4) is 0 Å². The maximum absolute atomic E-state index is 13.1. The number of ether oxygens (including phenoxy) is 1. The summed E-state index contributed by atoms with van der Waals surface area (Å²) < 4.78 is 6.94. The average Bonchev–Trinajstić information content (AvgIpc) is 3.52. The van der Waals surface area contributed by atoms with Gasteiger partial charge in [0.1, 0.15) is 6.10 Å². The van der Waals surface area contributed by atoms with E-state index in [2.05, 4.69) is 41.7 Å². The highest BCUT2D eigenvalue weighted by Gasteiger charge is 2.23. The maximum atomic E-state index is 13.1. The fourth-order valence-corrected chi connectivity index (χ4v) is 5.00. The van der Waals surface area contributed by atoms with E-state index in [1.165, 1.54) is 4.57 Å². The van der Waals surface area contributed by atoms with E-state index in [1.54, 1.807) is 37.5 Å². The third kappa shape index (κ3) is 6.84. The number of rotatable bonds is 7. The van der Waals surface area contributed by atoms with Crippen LogP contribution in [0, 0.1) is 6.92 Å². The molecule has 0 saturated carbocycles. The summed E-state index contributed by atoms with van der Waals surface area (Å²) in [6.45, 7) is 8.90. The number of hydrogen-bond donors (Lipinski definition) is 3. The van der Waals surface area contributed by atoms with Crippen molar-refractivity contribution in [3.63, 3.8) is 0 Å². The zero-order chi connectivity index (χ0) is 30.7. The lowest BCUT2D eigenvalue weighted by Crippen LogP contribution is -2.26. The number of nitrogens with zero attached hydrogens (tertiary/aromatic N) is 2. The highest BCUT2D eigenvalue weighted by molar-refractivity contribution is 6.05. The molecule has 0 bridgehead atoms. The van der Waals surface area contributed by atoms with Crippen molar-refractivity contribution in [2.45, 2.75) is 52.1 Å². The summed E-state index contributed by atoms with van der Waals surface area (Å²) in [7, 11) is 1.67. The monoisotopic (exact) mass is 579 g/mol. The smallest absolute Gasteiger partial charge is 0.293 e. The van der Waals surface area contributed by atoms with Crippen LogP contribution in [-0.4, -0.2) is 34.1 Å². The average molecular weight is 580 g/mol. The Hall–Kier alpha value is -4.76. The van der Waals surface area contributed by atoms with Crippen LogP contribution < -0.4 is 21.5 Å². The fourth-order valence-electron chi connectivity index (χ4n) is 5.00. The first-order valence-corrected chi connectivity index (χ1v) is 14.4. The van der Waals surface area contributed by atoms with Crippen LogP contribution >= 0.6 is 0 Å². The van der Waals surface area contributed by atoms with Crippen molar-refractivity contribution >= 4 is 34.7 Å². The largest absolute Gasteiger partial charge is 0.368 e. The van der Waals surface area contributed by atoms with Gasteiger partial charge >= 0.3 is 0 Å². The minimum Gasteiger partial charge on any atom is -0.368 e. The molecule has 3 aromatic carbocycles. The van der Waals surface area contributed by atoms with Crippen LogP contribution in [0.4, 0.5) is 22.9 Å². The van der Waals surface area contributed by atoms with Gasteiger partial charge in [0.2, 0.25) is 0 Å². The van der Waals surface area contributed by atoms with Gasteiger partial charge in [-0.1, -0.05) is 51.1 Å². The van der Waals surface area contributed by atoms with Crippen molar-refractivity contribution in [3.05, 3.63) is 100.0 Å². The summed E-state index contributed by atoms with van der Waals surface area (Å²) in [4.78, 5) is 43.3. The number of hydrogen-bond acceptors (Lipinski definition) is 6. The van der Waals surface area contributed by atoms with Crippen LogP contribution in [-0.2, 0) is 22.0 Å². The van der Waals surface area contributed by atoms with Gasteiger partial charge in [0, 0.05) is 48.0 Å². The molecule has 1 aliphatic rings. The van der Waals surface area contributed by atoms with Crippen LogP contribution in [0.5, 0.6) is 0 Å². The first-order valence-electron chi connectivity index (χ1n) is 14.4. The molecule has 0 spiro atoms. The van der Waals surface area contributed by atoms with Gasteiger partial charge < -0.3 is 25.3 Å². The summed E-state index contributed by atoms with van der Waals surface area (Å²) in [5.74, 6) is -0.256. The van der Waals surface area contributed by atoms with Crippen molar-refractivity contribution in [2.24, 2.45) is 7.05 Å². The second kappa shape index (κ2) is 12.2. The van der Waals surface area contributed by atoms with Crippen molar-refractivity contribution in [1.29, 1.82) is 0 Å². The van der Waals surface area contributed by atoms with E-state index in [1.807, 2.05) is 49.4 Å². The Kier molecular flexibility index (Phi) is 8.45. The predicted octanol–water partition coefficient (Wildman–Crippen LogP) is 6.17.